The third-order valence-electron chi connectivity index (χ3n) is 1.04. The van der Waals surface area contributed by atoms with Gasteiger partial charge in [0.25, 0.3) is 0 Å². The zero-order valence-corrected chi connectivity index (χ0v) is 5.13. The van der Waals surface area contributed by atoms with E-state index in [4.69, 9.17) is 4.74 Å². The summed E-state index contributed by atoms with van der Waals surface area (Å²) in [4.78, 5) is 14.4. The Labute approximate surface area is 53.0 Å². The molecule has 0 aromatic heterocycles. The first-order valence-electron chi connectivity index (χ1n) is 2.63. The Kier molecular flexibility index (Phi) is 1.63. The molecule has 0 N–H and O–H groups in total. The van der Waals surface area contributed by atoms with Gasteiger partial charge >= 0.3 is 0 Å². The molecule has 0 aliphatic carbocycles. The van der Waals surface area contributed by atoms with Crippen molar-refractivity contribution in [1.82, 2.24) is 0 Å². The molecule has 0 radical (unpaired) electrons. The van der Waals surface area contributed by atoms with Crippen molar-refractivity contribution in [2.75, 3.05) is 7.11 Å². The first-order chi connectivity index (χ1) is 4.33. The summed E-state index contributed by atoms with van der Waals surface area (Å²) in [7, 11) is 1.51. The highest BCUT2D eigenvalue weighted by Gasteiger charge is 2.06. The standard InChI is InChI=1S/C6H7NO2/c1-9-6-4-5(8)2-3-7-6/h2-3H,4H2,1H3. The number of methoxy groups -OCH3 is 1. The second kappa shape index (κ2) is 2.44. The molecular weight excluding hydrogens is 118 g/mol. The van der Waals surface area contributed by atoms with Crippen molar-refractivity contribution in [1.29, 1.82) is 0 Å². The normalized spacial score (nSPS) is 17.4. The fourth-order valence-electron chi connectivity index (χ4n) is 0.582. The minimum Gasteiger partial charge on any atom is -0.484 e. The average Bonchev–Trinajstić information content (AvgIpc) is 1.88. The molecule has 0 spiro atoms. The highest BCUT2D eigenvalue weighted by atomic mass is 16.5. The number of aliphatic imine (C=N–C) groups is 1. The van der Waals surface area contributed by atoms with Gasteiger partial charge in [-0.25, -0.2) is 4.99 Å². The van der Waals surface area contributed by atoms with E-state index in [9.17, 15) is 4.79 Å². The van der Waals surface area contributed by atoms with E-state index in [-0.39, 0.29) is 5.78 Å². The van der Waals surface area contributed by atoms with Crippen molar-refractivity contribution >= 4 is 11.7 Å². The quantitative estimate of drug-likeness (QED) is 0.473. The summed E-state index contributed by atoms with van der Waals surface area (Å²) in [6.45, 7) is 0. The van der Waals surface area contributed by atoms with Crippen molar-refractivity contribution in [2.24, 2.45) is 4.99 Å². The summed E-state index contributed by atoms with van der Waals surface area (Å²) in [5.74, 6) is 0.532. The van der Waals surface area contributed by atoms with Crippen molar-refractivity contribution in [3.05, 3.63) is 12.3 Å². The predicted octanol–water partition coefficient (Wildman–Crippen LogP) is 0.518. The maximum Gasteiger partial charge on any atom is 0.195 e. The molecule has 0 atom stereocenters. The number of allylic oxidation sites excluding steroid dienone is 1. The SMILES string of the molecule is COC1=NC=CC(=O)C1. The molecule has 9 heavy (non-hydrogen) atoms. The van der Waals surface area contributed by atoms with E-state index in [2.05, 4.69) is 4.99 Å². The lowest BCUT2D eigenvalue weighted by Crippen LogP contribution is -2.09. The number of nitrogens with zero attached hydrogens (tertiary/aromatic N) is 1. The van der Waals surface area contributed by atoms with Crippen molar-refractivity contribution in [3.8, 4) is 0 Å². The lowest BCUT2D eigenvalue weighted by atomic mass is 10.2. The van der Waals surface area contributed by atoms with Crippen LogP contribution in [0.15, 0.2) is 17.3 Å². The Morgan fingerprint density at radius 2 is 2.56 bits per heavy atom. The molecular formula is C6H7NO2. The van der Waals surface area contributed by atoms with Gasteiger partial charge in [0, 0.05) is 12.3 Å². The molecule has 3 nitrogen and oxygen atoms in total. The number of hydrogen-bond acceptors (Lipinski definition) is 3. The molecule has 0 amide bonds. The largest absolute Gasteiger partial charge is 0.484 e. The van der Waals surface area contributed by atoms with Crippen LogP contribution < -0.4 is 0 Å². The molecule has 0 bridgehead atoms. The molecule has 0 fully saturated rings. The first kappa shape index (κ1) is 6.01. The van der Waals surface area contributed by atoms with Gasteiger partial charge in [-0.3, -0.25) is 4.79 Å². The van der Waals surface area contributed by atoms with Crippen LogP contribution in [0, 0.1) is 0 Å². The Morgan fingerprint density at radius 1 is 1.78 bits per heavy atom. The molecule has 48 valence electrons. The van der Waals surface area contributed by atoms with Gasteiger partial charge in [0.2, 0.25) is 0 Å². The molecule has 1 rings (SSSR count). The molecule has 0 saturated heterocycles. The lowest BCUT2D eigenvalue weighted by molar-refractivity contribution is -0.113. The number of carbonyl (C=O) groups excluding carboxylic acids is 1. The van der Waals surface area contributed by atoms with Gasteiger partial charge in [-0.05, 0) is 0 Å². The van der Waals surface area contributed by atoms with Crippen LogP contribution in [-0.2, 0) is 9.53 Å². The van der Waals surface area contributed by atoms with Crippen LogP contribution in [0.2, 0.25) is 0 Å². The second-order valence-electron chi connectivity index (χ2n) is 1.69. The Hall–Kier alpha value is -1.12. The van der Waals surface area contributed by atoms with E-state index < -0.39 is 0 Å². The summed E-state index contributed by atoms with van der Waals surface area (Å²) >= 11 is 0. The minimum atomic E-state index is 0.0434. The fraction of sp³-hybridized carbons (Fsp3) is 0.333. The molecule has 0 unspecified atom stereocenters. The van der Waals surface area contributed by atoms with Crippen LogP contribution in [0.1, 0.15) is 6.42 Å². The number of carbonyl (C=O) groups is 1. The van der Waals surface area contributed by atoms with E-state index in [1.54, 1.807) is 0 Å². The Bertz CT molecular complexity index is 181. The maximum absolute atomic E-state index is 10.6. The highest BCUT2D eigenvalue weighted by Crippen LogP contribution is 1.98. The fourth-order valence-corrected chi connectivity index (χ4v) is 0.582. The zero-order chi connectivity index (χ0) is 6.69. The van der Waals surface area contributed by atoms with Crippen LogP contribution in [0.5, 0.6) is 0 Å². The summed E-state index contributed by atoms with van der Waals surface area (Å²) in [6, 6.07) is 0. The zero-order valence-electron chi connectivity index (χ0n) is 5.13. The van der Waals surface area contributed by atoms with Crippen molar-refractivity contribution in [2.45, 2.75) is 6.42 Å². The van der Waals surface area contributed by atoms with Gasteiger partial charge in [-0.15, -0.1) is 0 Å². The second-order valence-corrected chi connectivity index (χ2v) is 1.69. The summed E-state index contributed by atoms with van der Waals surface area (Å²) in [5, 5.41) is 0. The molecule has 0 saturated carbocycles. The first-order valence-corrected chi connectivity index (χ1v) is 2.63. The van der Waals surface area contributed by atoms with Gasteiger partial charge in [0.1, 0.15) is 0 Å². The van der Waals surface area contributed by atoms with Crippen LogP contribution in [0.25, 0.3) is 0 Å². The third-order valence-corrected chi connectivity index (χ3v) is 1.04. The van der Waals surface area contributed by atoms with Gasteiger partial charge in [0.05, 0.1) is 13.5 Å². The van der Waals surface area contributed by atoms with Gasteiger partial charge in [-0.2, -0.15) is 0 Å². The van der Waals surface area contributed by atoms with Crippen molar-refractivity contribution < 1.29 is 9.53 Å². The predicted molar refractivity (Wildman–Crippen MR) is 33.2 cm³/mol. The summed E-state index contributed by atoms with van der Waals surface area (Å²) < 4.78 is 4.74. The molecule has 1 aliphatic heterocycles. The highest BCUT2D eigenvalue weighted by molar-refractivity contribution is 6.05. The van der Waals surface area contributed by atoms with E-state index >= 15 is 0 Å². The van der Waals surface area contributed by atoms with Crippen LogP contribution in [0.3, 0.4) is 0 Å². The Morgan fingerprint density at radius 3 is 3.00 bits per heavy atom. The van der Waals surface area contributed by atoms with E-state index in [1.807, 2.05) is 0 Å². The molecule has 1 aliphatic rings. The lowest BCUT2D eigenvalue weighted by Gasteiger charge is -2.02. The number of ketones is 1. The van der Waals surface area contributed by atoms with Gasteiger partial charge < -0.3 is 4.74 Å². The van der Waals surface area contributed by atoms with E-state index in [1.165, 1.54) is 19.4 Å². The number of rotatable bonds is 0. The van der Waals surface area contributed by atoms with Gasteiger partial charge in [0.15, 0.2) is 11.7 Å². The number of ether oxygens (including phenoxy) is 1. The van der Waals surface area contributed by atoms with E-state index in [0.717, 1.165) is 0 Å². The molecule has 1 heterocycles. The van der Waals surface area contributed by atoms with Crippen LogP contribution in [0.4, 0.5) is 0 Å². The van der Waals surface area contributed by atoms with Gasteiger partial charge in [-0.1, -0.05) is 0 Å². The topological polar surface area (TPSA) is 38.7 Å². The number of hydrogen-bond donors (Lipinski definition) is 0. The Balaban J connectivity index is 2.65. The van der Waals surface area contributed by atoms with E-state index in [0.29, 0.717) is 12.3 Å². The minimum absolute atomic E-state index is 0.0434. The summed E-state index contributed by atoms with van der Waals surface area (Å²) in [5.41, 5.74) is 0. The summed E-state index contributed by atoms with van der Waals surface area (Å²) in [6.07, 6.45) is 3.18. The molecule has 3 heteroatoms. The van der Waals surface area contributed by atoms with Crippen LogP contribution >= 0.6 is 0 Å². The maximum atomic E-state index is 10.6. The van der Waals surface area contributed by atoms with Crippen LogP contribution in [-0.4, -0.2) is 18.8 Å². The molecule has 0 aromatic carbocycles. The third kappa shape index (κ3) is 1.38. The molecule has 0 aromatic rings. The average molecular weight is 125 g/mol. The smallest absolute Gasteiger partial charge is 0.195 e. The monoisotopic (exact) mass is 125 g/mol. The van der Waals surface area contributed by atoms with Crippen molar-refractivity contribution in [3.63, 3.8) is 0 Å².